The molecule has 2 aromatic carbocycles. The summed E-state index contributed by atoms with van der Waals surface area (Å²) < 4.78 is 12.4. The van der Waals surface area contributed by atoms with Crippen molar-refractivity contribution < 1.29 is 14.3 Å². The van der Waals surface area contributed by atoms with Gasteiger partial charge in [-0.3, -0.25) is 0 Å². The van der Waals surface area contributed by atoms with Crippen LogP contribution < -0.4 is 10.2 Å². The van der Waals surface area contributed by atoms with Crippen LogP contribution in [-0.2, 0) is 11.3 Å². The van der Waals surface area contributed by atoms with Crippen LogP contribution in [0.1, 0.15) is 11.1 Å². The van der Waals surface area contributed by atoms with E-state index in [9.17, 15) is 4.79 Å². The molecule has 0 saturated carbocycles. The molecule has 3 aromatic rings. The molecule has 0 radical (unpaired) electrons. The summed E-state index contributed by atoms with van der Waals surface area (Å²) in [5.74, 6) is 0.858. The van der Waals surface area contributed by atoms with Gasteiger partial charge in [0.15, 0.2) is 0 Å². The van der Waals surface area contributed by atoms with Crippen LogP contribution in [-0.4, -0.2) is 30.6 Å². The fourth-order valence-electron chi connectivity index (χ4n) is 2.66. The van der Waals surface area contributed by atoms with Crippen molar-refractivity contribution in [3.8, 4) is 5.75 Å². The van der Waals surface area contributed by atoms with Gasteiger partial charge in [0.2, 0.25) is 0 Å². The zero-order valence-electron chi connectivity index (χ0n) is 14.8. The molecule has 1 N–H and O–H groups in total. The van der Waals surface area contributed by atoms with Crippen LogP contribution in [0.5, 0.6) is 5.75 Å². The minimum absolute atomic E-state index is 0.554. The Morgan fingerprint density at radius 3 is 2.73 bits per heavy atom. The van der Waals surface area contributed by atoms with E-state index in [4.69, 9.17) is 4.74 Å². The first-order valence-electron chi connectivity index (χ1n) is 8.32. The van der Waals surface area contributed by atoms with Crippen molar-refractivity contribution in [1.29, 1.82) is 0 Å². The first kappa shape index (κ1) is 17.5. The number of fused-ring (bicyclic) bond motifs is 1. The summed E-state index contributed by atoms with van der Waals surface area (Å²) in [6, 6.07) is 16.0. The fraction of sp³-hybridized carbons (Fsp3) is 0.200. The van der Waals surface area contributed by atoms with E-state index in [2.05, 4.69) is 19.8 Å². The van der Waals surface area contributed by atoms with Gasteiger partial charge in [0, 0.05) is 22.7 Å². The zero-order chi connectivity index (χ0) is 18.4. The zero-order valence-corrected chi connectivity index (χ0v) is 14.8. The van der Waals surface area contributed by atoms with Crippen molar-refractivity contribution in [2.24, 2.45) is 5.10 Å². The summed E-state index contributed by atoms with van der Waals surface area (Å²) in [6.45, 7) is 3.30. The van der Waals surface area contributed by atoms with Gasteiger partial charge in [0.05, 0.1) is 19.9 Å². The lowest BCUT2D eigenvalue weighted by atomic mass is 10.2. The van der Waals surface area contributed by atoms with E-state index in [1.807, 2.05) is 61.7 Å². The molecule has 26 heavy (non-hydrogen) atoms. The maximum atomic E-state index is 11.1. The van der Waals surface area contributed by atoms with Crippen molar-refractivity contribution in [1.82, 2.24) is 9.99 Å². The van der Waals surface area contributed by atoms with Gasteiger partial charge in [-0.2, -0.15) is 5.10 Å². The minimum atomic E-state index is -0.600. The largest absolute Gasteiger partial charge is 0.492 e. The Hall–Kier alpha value is -3.28. The van der Waals surface area contributed by atoms with Gasteiger partial charge in [-0.15, -0.1) is 0 Å². The number of aryl methyl sites for hydroxylation is 1. The summed E-state index contributed by atoms with van der Waals surface area (Å²) in [6.07, 6.45) is 3.00. The van der Waals surface area contributed by atoms with Gasteiger partial charge < -0.3 is 14.0 Å². The SMILES string of the molecule is COC(=O)NN=Cc1cn(CCOc2ccc(C)cc2)c2ccccc12. The maximum absolute atomic E-state index is 11.1. The molecule has 6 heteroatoms. The van der Waals surface area contributed by atoms with Gasteiger partial charge in [0.1, 0.15) is 12.4 Å². The molecule has 0 spiro atoms. The fourth-order valence-corrected chi connectivity index (χ4v) is 2.66. The number of carbonyl (C=O) groups excluding carboxylic acids is 1. The standard InChI is InChI=1S/C20H21N3O3/c1-15-7-9-17(10-8-15)26-12-11-23-14-16(13-21-22-20(24)25-2)18-5-3-4-6-19(18)23/h3-10,13-14H,11-12H2,1-2H3,(H,22,24). The van der Waals surface area contributed by atoms with Gasteiger partial charge >= 0.3 is 6.09 Å². The molecule has 134 valence electrons. The molecular weight excluding hydrogens is 330 g/mol. The van der Waals surface area contributed by atoms with E-state index in [1.165, 1.54) is 12.7 Å². The molecule has 0 fully saturated rings. The quantitative estimate of drug-likeness (QED) is 0.544. The third-order valence-electron chi connectivity index (χ3n) is 3.99. The van der Waals surface area contributed by atoms with Crippen molar-refractivity contribution in [3.63, 3.8) is 0 Å². The van der Waals surface area contributed by atoms with Gasteiger partial charge in [-0.25, -0.2) is 10.2 Å². The Morgan fingerprint density at radius 2 is 1.96 bits per heavy atom. The van der Waals surface area contributed by atoms with Crippen molar-refractivity contribution in [2.45, 2.75) is 13.5 Å². The molecular formula is C20H21N3O3. The highest BCUT2D eigenvalue weighted by Crippen LogP contribution is 2.20. The Morgan fingerprint density at radius 1 is 1.19 bits per heavy atom. The number of methoxy groups -OCH3 is 1. The molecule has 0 atom stereocenters. The predicted molar refractivity (Wildman–Crippen MR) is 102 cm³/mol. The molecule has 1 heterocycles. The Kier molecular flexibility index (Phi) is 5.53. The van der Waals surface area contributed by atoms with Gasteiger partial charge in [0.25, 0.3) is 0 Å². The Balaban J connectivity index is 1.71. The third-order valence-corrected chi connectivity index (χ3v) is 3.99. The lowest BCUT2D eigenvalue weighted by Gasteiger charge is -2.08. The number of benzene rings is 2. The maximum Gasteiger partial charge on any atom is 0.427 e. The van der Waals surface area contributed by atoms with Crippen LogP contribution in [0.25, 0.3) is 10.9 Å². The Bertz CT molecular complexity index is 914. The number of para-hydroxylation sites is 1. The highest BCUT2D eigenvalue weighted by Gasteiger charge is 2.07. The molecule has 3 rings (SSSR count). The first-order valence-corrected chi connectivity index (χ1v) is 8.32. The summed E-state index contributed by atoms with van der Waals surface area (Å²) in [5, 5.41) is 4.97. The summed E-state index contributed by atoms with van der Waals surface area (Å²) in [7, 11) is 1.30. The molecule has 0 bridgehead atoms. The van der Waals surface area contributed by atoms with Crippen LogP contribution >= 0.6 is 0 Å². The molecule has 0 aliphatic carbocycles. The van der Waals surface area contributed by atoms with E-state index in [0.29, 0.717) is 13.2 Å². The number of rotatable bonds is 6. The van der Waals surface area contributed by atoms with Crippen LogP contribution in [0.15, 0.2) is 59.8 Å². The number of aromatic nitrogens is 1. The smallest absolute Gasteiger partial charge is 0.427 e. The van der Waals surface area contributed by atoms with Crippen LogP contribution in [0.2, 0.25) is 0 Å². The lowest BCUT2D eigenvalue weighted by molar-refractivity contribution is 0.171. The van der Waals surface area contributed by atoms with E-state index in [0.717, 1.165) is 22.2 Å². The number of carbonyl (C=O) groups is 1. The second-order valence-electron chi connectivity index (χ2n) is 5.82. The Labute approximate surface area is 152 Å². The second kappa shape index (κ2) is 8.20. The number of nitrogens with one attached hydrogen (secondary N) is 1. The summed E-state index contributed by atoms with van der Waals surface area (Å²) in [4.78, 5) is 11.1. The average molecular weight is 351 g/mol. The van der Waals surface area contributed by atoms with Gasteiger partial charge in [-0.1, -0.05) is 35.9 Å². The summed E-state index contributed by atoms with van der Waals surface area (Å²) >= 11 is 0. The van der Waals surface area contributed by atoms with Crippen LogP contribution in [0.3, 0.4) is 0 Å². The predicted octanol–water partition coefficient (Wildman–Crippen LogP) is 3.72. The van der Waals surface area contributed by atoms with E-state index in [1.54, 1.807) is 6.21 Å². The molecule has 1 amide bonds. The highest BCUT2D eigenvalue weighted by atomic mass is 16.5. The number of hydrogen-bond acceptors (Lipinski definition) is 4. The number of nitrogens with zero attached hydrogens (tertiary/aromatic N) is 2. The molecule has 0 saturated heterocycles. The molecule has 0 unspecified atom stereocenters. The number of hydrazone groups is 1. The highest BCUT2D eigenvalue weighted by molar-refractivity contribution is 5.99. The average Bonchev–Trinajstić information content (AvgIpc) is 3.01. The lowest BCUT2D eigenvalue weighted by Crippen LogP contribution is -2.16. The van der Waals surface area contributed by atoms with E-state index >= 15 is 0 Å². The van der Waals surface area contributed by atoms with Gasteiger partial charge in [-0.05, 0) is 25.1 Å². The minimum Gasteiger partial charge on any atom is -0.492 e. The number of amides is 1. The van der Waals surface area contributed by atoms with Crippen molar-refractivity contribution >= 4 is 23.2 Å². The molecule has 0 aliphatic heterocycles. The van der Waals surface area contributed by atoms with E-state index in [-0.39, 0.29) is 0 Å². The molecule has 6 nitrogen and oxygen atoms in total. The topological polar surface area (TPSA) is 64.8 Å². The van der Waals surface area contributed by atoms with E-state index < -0.39 is 6.09 Å². The van der Waals surface area contributed by atoms with Crippen LogP contribution in [0.4, 0.5) is 4.79 Å². The number of ether oxygens (including phenoxy) is 2. The normalized spacial score (nSPS) is 11.0. The van der Waals surface area contributed by atoms with Crippen LogP contribution in [0, 0.1) is 6.92 Å². The number of hydrogen-bond donors (Lipinski definition) is 1. The molecule has 0 aliphatic rings. The second-order valence-corrected chi connectivity index (χ2v) is 5.82. The third kappa shape index (κ3) is 4.22. The van der Waals surface area contributed by atoms with Crippen molar-refractivity contribution in [3.05, 3.63) is 65.9 Å². The molecule has 1 aromatic heterocycles. The van der Waals surface area contributed by atoms with Crippen molar-refractivity contribution in [2.75, 3.05) is 13.7 Å². The summed E-state index contributed by atoms with van der Waals surface area (Å²) in [5.41, 5.74) is 5.50. The monoisotopic (exact) mass is 351 g/mol. The first-order chi connectivity index (χ1) is 12.7.